The molecule has 1 saturated heterocycles. The van der Waals surface area contributed by atoms with Gasteiger partial charge in [-0.1, -0.05) is 18.2 Å². The van der Waals surface area contributed by atoms with E-state index in [0.29, 0.717) is 15.2 Å². The van der Waals surface area contributed by atoms with Gasteiger partial charge in [0.25, 0.3) is 0 Å². The van der Waals surface area contributed by atoms with Crippen molar-refractivity contribution in [3.63, 3.8) is 0 Å². The lowest BCUT2D eigenvalue weighted by Crippen LogP contribution is -2.19. The number of hydrogen-bond acceptors (Lipinski definition) is 6. The molecule has 1 aliphatic heterocycles. The van der Waals surface area contributed by atoms with E-state index in [2.05, 4.69) is 27.6 Å². The average Bonchev–Trinajstić information content (AvgIpc) is 3.38. The summed E-state index contributed by atoms with van der Waals surface area (Å²) in [7, 11) is 0. The first kappa shape index (κ1) is 17.8. The SMILES string of the molecule is O=C(Cn1c(-c2cccs2)n[nH]c1=S)Nc1cccc(C2SCCS2)c1. The second-order valence-electron chi connectivity index (χ2n) is 5.66. The zero-order valence-electron chi connectivity index (χ0n) is 13.7. The Morgan fingerprint density at radius 1 is 1.31 bits per heavy atom. The quantitative estimate of drug-likeness (QED) is 0.581. The average molecular weight is 421 g/mol. The molecule has 1 aliphatic rings. The molecule has 0 unspecified atom stereocenters. The highest BCUT2D eigenvalue weighted by molar-refractivity contribution is 8.19. The first-order chi connectivity index (χ1) is 12.7. The van der Waals surface area contributed by atoms with Crippen LogP contribution in [-0.2, 0) is 11.3 Å². The number of benzene rings is 1. The van der Waals surface area contributed by atoms with Gasteiger partial charge in [-0.25, -0.2) is 0 Å². The van der Waals surface area contributed by atoms with Crippen molar-refractivity contribution in [3.05, 3.63) is 52.1 Å². The van der Waals surface area contributed by atoms with Crippen molar-refractivity contribution in [2.24, 2.45) is 0 Å². The minimum absolute atomic E-state index is 0.121. The number of thioether (sulfide) groups is 2. The molecule has 0 atom stereocenters. The summed E-state index contributed by atoms with van der Waals surface area (Å²) in [6.07, 6.45) is 0. The van der Waals surface area contributed by atoms with Crippen LogP contribution in [0.3, 0.4) is 0 Å². The van der Waals surface area contributed by atoms with Crippen LogP contribution in [0.15, 0.2) is 41.8 Å². The van der Waals surface area contributed by atoms with Gasteiger partial charge in [-0.15, -0.1) is 34.9 Å². The van der Waals surface area contributed by atoms with Gasteiger partial charge >= 0.3 is 0 Å². The van der Waals surface area contributed by atoms with Gasteiger partial charge in [-0.2, -0.15) is 5.10 Å². The molecule has 0 saturated carbocycles. The maximum absolute atomic E-state index is 12.6. The van der Waals surface area contributed by atoms with Crippen LogP contribution < -0.4 is 5.32 Å². The maximum Gasteiger partial charge on any atom is 0.244 e. The monoisotopic (exact) mass is 420 g/mol. The number of carbonyl (C=O) groups is 1. The Labute approximate surface area is 168 Å². The number of nitrogens with zero attached hydrogens (tertiary/aromatic N) is 2. The molecule has 3 aromatic rings. The highest BCUT2D eigenvalue weighted by Crippen LogP contribution is 2.45. The summed E-state index contributed by atoms with van der Waals surface area (Å²) >= 11 is 10.8. The molecular formula is C17H16N4OS4. The Hall–Kier alpha value is -1.55. The van der Waals surface area contributed by atoms with E-state index in [1.165, 1.54) is 17.1 Å². The molecule has 0 radical (unpaired) electrons. The van der Waals surface area contributed by atoms with E-state index < -0.39 is 0 Å². The van der Waals surface area contributed by atoms with Crippen molar-refractivity contribution in [1.82, 2.24) is 14.8 Å². The van der Waals surface area contributed by atoms with Crippen LogP contribution in [0.4, 0.5) is 5.69 Å². The third kappa shape index (κ3) is 3.90. The van der Waals surface area contributed by atoms with Crippen LogP contribution in [0.25, 0.3) is 10.7 Å². The lowest BCUT2D eigenvalue weighted by Gasteiger charge is -2.12. The third-order valence-corrected chi connectivity index (χ3v) is 8.15. The Kier molecular flexibility index (Phi) is 5.49. The van der Waals surface area contributed by atoms with E-state index in [4.69, 9.17) is 12.2 Å². The molecule has 1 amide bonds. The van der Waals surface area contributed by atoms with Gasteiger partial charge < -0.3 is 5.32 Å². The number of thiophene rings is 1. The lowest BCUT2D eigenvalue weighted by molar-refractivity contribution is -0.116. The van der Waals surface area contributed by atoms with Crippen LogP contribution in [0.5, 0.6) is 0 Å². The molecule has 2 N–H and O–H groups in total. The topological polar surface area (TPSA) is 62.7 Å². The normalized spacial score (nSPS) is 14.6. The lowest BCUT2D eigenvalue weighted by atomic mass is 10.2. The number of H-pyrrole nitrogens is 1. The van der Waals surface area contributed by atoms with Crippen LogP contribution in [0, 0.1) is 4.77 Å². The molecule has 0 aliphatic carbocycles. The summed E-state index contributed by atoms with van der Waals surface area (Å²) in [6, 6.07) is 12.0. The second-order valence-corrected chi connectivity index (χ2v) is 9.72. The van der Waals surface area contributed by atoms with Gasteiger partial charge in [-0.05, 0) is 41.4 Å². The molecule has 3 heterocycles. The number of anilines is 1. The van der Waals surface area contributed by atoms with Gasteiger partial charge in [0, 0.05) is 17.2 Å². The minimum atomic E-state index is -0.121. The van der Waals surface area contributed by atoms with Crippen molar-refractivity contribution < 1.29 is 4.79 Å². The van der Waals surface area contributed by atoms with Crippen LogP contribution in [0.2, 0.25) is 0 Å². The first-order valence-electron chi connectivity index (χ1n) is 8.03. The first-order valence-corrected chi connectivity index (χ1v) is 11.4. The fourth-order valence-corrected chi connectivity index (χ4v) is 6.47. The number of aromatic amines is 1. The van der Waals surface area contributed by atoms with E-state index in [1.807, 2.05) is 53.2 Å². The Morgan fingerprint density at radius 3 is 2.92 bits per heavy atom. The van der Waals surface area contributed by atoms with E-state index in [0.717, 1.165) is 10.6 Å². The smallest absolute Gasteiger partial charge is 0.244 e. The summed E-state index contributed by atoms with van der Waals surface area (Å²) in [5.74, 6) is 2.92. The molecule has 5 nitrogen and oxygen atoms in total. The Morgan fingerprint density at radius 2 is 2.15 bits per heavy atom. The molecule has 1 aromatic carbocycles. The molecule has 2 aromatic heterocycles. The standard InChI is InChI=1S/C17H16N4OS4/c22-14(10-21-15(19-20-17(21)23)13-5-2-6-24-13)18-12-4-1-3-11(9-12)16-25-7-8-26-16/h1-6,9,16H,7-8,10H2,(H,18,22)(H,20,23). The molecule has 26 heavy (non-hydrogen) atoms. The zero-order chi connectivity index (χ0) is 17.9. The number of hydrogen-bond donors (Lipinski definition) is 2. The van der Waals surface area contributed by atoms with E-state index in [-0.39, 0.29) is 12.5 Å². The molecule has 1 fully saturated rings. The van der Waals surface area contributed by atoms with Gasteiger partial charge in [0.15, 0.2) is 10.6 Å². The van der Waals surface area contributed by atoms with Crippen molar-refractivity contribution in [2.45, 2.75) is 11.1 Å². The third-order valence-electron chi connectivity index (χ3n) is 3.87. The highest BCUT2D eigenvalue weighted by atomic mass is 32.2. The summed E-state index contributed by atoms with van der Waals surface area (Å²) in [4.78, 5) is 13.5. The molecule has 9 heteroatoms. The maximum atomic E-state index is 12.6. The van der Waals surface area contributed by atoms with Gasteiger partial charge in [0.05, 0.1) is 9.46 Å². The predicted octanol–water partition coefficient (Wildman–Crippen LogP) is 4.79. The van der Waals surface area contributed by atoms with Crippen LogP contribution in [0.1, 0.15) is 10.1 Å². The van der Waals surface area contributed by atoms with E-state index >= 15 is 0 Å². The highest BCUT2D eigenvalue weighted by Gasteiger charge is 2.19. The Balaban J connectivity index is 1.49. The number of carbonyl (C=O) groups excluding carboxylic acids is 1. The van der Waals surface area contributed by atoms with Crippen molar-refractivity contribution >= 4 is 58.7 Å². The summed E-state index contributed by atoms with van der Waals surface area (Å²) in [5.41, 5.74) is 2.06. The number of rotatable bonds is 5. The van der Waals surface area contributed by atoms with Crippen molar-refractivity contribution in [2.75, 3.05) is 16.8 Å². The largest absolute Gasteiger partial charge is 0.325 e. The van der Waals surface area contributed by atoms with Gasteiger partial charge in [0.2, 0.25) is 5.91 Å². The minimum Gasteiger partial charge on any atom is -0.325 e. The van der Waals surface area contributed by atoms with Crippen molar-refractivity contribution in [3.8, 4) is 10.7 Å². The summed E-state index contributed by atoms with van der Waals surface area (Å²) in [5, 5.41) is 12.0. The predicted molar refractivity (Wildman–Crippen MR) is 113 cm³/mol. The molecule has 4 rings (SSSR count). The second kappa shape index (κ2) is 7.99. The molecule has 0 bridgehead atoms. The number of amides is 1. The zero-order valence-corrected chi connectivity index (χ0v) is 16.9. The molecule has 0 spiro atoms. The molecule has 134 valence electrons. The summed E-state index contributed by atoms with van der Waals surface area (Å²) in [6.45, 7) is 0.125. The van der Waals surface area contributed by atoms with Gasteiger partial charge in [-0.3, -0.25) is 14.5 Å². The fraction of sp³-hybridized carbons (Fsp3) is 0.235. The van der Waals surface area contributed by atoms with Crippen LogP contribution >= 0.6 is 47.1 Å². The molecular weight excluding hydrogens is 404 g/mol. The summed E-state index contributed by atoms with van der Waals surface area (Å²) < 4.78 is 2.62. The van der Waals surface area contributed by atoms with Crippen LogP contribution in [-0.4, -0.2) is 32.2 Å². The number of nitrogens with one attached hydrogen (secondary N) is 2. The van der Waals surface area contributed by atoms with Gasteiger partial charge in [0.1, 0.15) is 6.54 Å². The fourth-order valence-electron chi connectivity index (χ4n) is 2.72. The van der Waals surface area contributed by atoms with E-state index in [1.54, 1.807) is 15.9 Å². The van der Waals surface area contributed by atoms with E-state index in [9.17, 15) is 4.79 Å². The van der Waals surface area contributed by atoms with Crippen molar-refractivity contribution in [1.29, 1.82) is 0 Å². The number of aromatic nitrogens is 3. The Bertz CT molecular complexity index is 957.